The van der Waals surface area contributed by atoms with Crippen molar-refractivity contribution in [2.45, 2.75) is 18.3 Å². The molecule has 9 N–H and O–H groups in total. The second-order valence-electron chi connectivity index (χ2n) is 6.71. The fourth-order valence-electron chi connectivity index (χ4n) is 2.35. The van der Waals surface area contributed by atoms with Gasteiger partial charge in [-0.2, -0.15) is 0 Å². The summed E-state index contributed by atoms with van der Waals surface area (Å²) in [7, 11) is 0. The summed E-state index contributed by atoms with van der Waals surface area (Å²) in [6, 6.07) is 0. The van der Waals surface area contributed by atoms with Gasteiger partial charge in [0.15, 0.2) is 0 Å². The van der Waals surface area contributed by atoms with Gasteiger partial charge < -0.3 is 46.6 Å². The summed E-state index contributed by atoms with van der Waals surface area (Å²) in [5, 5.41) is 62.7. The maximum absolute atomic E-state index is 12.9. The summed E-state index contributed by atoms with van der Waals surface area (Å²) in [4.78, 5) is 38.6. The molecule has 0 aliphatic heterocycles. The van der Waals surface area contributed by atoms with Gasteiger partial charge in [0.25, 0.3) is 17.7 Å². The average Bonchev–Trinajstić information content (AvgIpc) is 2.78. The van der Waals surface area contributed by atoms with Gasteiger partial charge in [-0.3, -0.25) is 14.4 Å². The number of amides is 3. The quantitative estimate of drug-likeness (QED) is 0.105. The maximum atomic E-state index is 12.9. The summed E-state index contributed by atoms with van der Waals surface area (Å²) >= 11 is 5.32. The topological polar surface area (TPSA) is 209 Å². The van der Waals surface area contributed by atoms with Crippen LogP contribution in [0.2, 0.25) is 0 Å². The minimum atomic E-state index is -1.21. The van der Waals surface area contributed by atoms with Crippen LogP contribution in [0.3, 0.4) is 0 Å². The van der Waals surface area contributed by atoms with Gasteiger partial charge in [-0.05, 0) is 67.8 Å². The van der Waals surface area contributed by atoms with Crippen molar-refractivity contribution in [2.24, 2.45) is 0 Å². The van der Waals surface area contributed by atoms with E-state index in [0.717, 1.165) is 0 Å². The first-order valence-electron chi connectivity index (χ1n) is 9.41. The van der Waals surface area contributed by atoms with E-state index in [9.17, 15) is 29.7 Å². The van der Waals surface area contributed by atoms with Crippen molar-refractivity contribution in [2.75, 3.05) is 39.5 Å². The molecule has 0 saturated carbocycles. The number of halogens is 3. The highest BCUT2D eigenvalue weighted by Crippen LogP contribution is 2.32. The first-order chi connectivity index (χ1) is 15.5. The minimum Gasteiger partial charge on any atom is -0.394 e. The van der Waals surface area contributed by atoms with E-state index in [1.54, 1.807) is 67.8 Å². The Morgan fingerprint density at radius 1 is 0.576 bits per heavy atom. The second-order valence-corrected chi connectivity index (χ2v) is 9.94. The van der Waals surface area contributed by atoms with Crippen LogP contribution in [0, 0.1) is 10.7 Å². The molecule has 0 heterocycles. The van der Waals surface area contributed by atoms with Crippen LogP contribution in [-0.4, -0.2) is 106 Å². The third kappa shape index (κ3) is 8.63. The second kappa shape index (κ2) is 14.9. The molecule has 3 amide bonds. The molecule has 3 atom stereocenters. The number of benzene rings is 1. The van der Waals surface area contributed by atoms with E-state index in [0.29, 0.717) is 0 Å². The van der Waals surface area contributed by atoms with Gasteiger partial charge in [-0.25, -0.2) is 0 Å². The van der Waals surface area contributed by atoms with Gasteiger partial charge in [-0.1, -0.05) is 0 Å². The monoisotopic (exact) mass is 807 g/mol. The minimum absolute atomic E-state index is 0.0255. The summed E-state index contributed by atoms with van der Waals surface area (Å²) in [6.45, 7) is -2.57. The van der Waals surface area contributed by atoms with Crippen LogP contribution in [0.15, 0.2) is 0 Å². The summed E-state index contributed by atoms with van der Waals surface area (Å²) < 4.78 is 0.584. The van der Waals surface area contributed by atoms with E-state index in [2.05, 4.69) is 16.0 Å². The third-order valence-electron chi connectivity index (χ3n) is 4.13. The molecule has 0 saturated heterocycles. The SMILES string of the molecule is O=C(NC[C@H](O)CO)c1c(I)c(C(=O)NC[C@@H](O)CO)c(I)c(C(=O)NC[C@@H](O)CO)c1I. The molecule has 1 aromatic carbocycles. The number of hydrogen-bond acceptors (Lipinski definition) is 9. The molecule has 0 aliphatic rings. The van der Waals surface area contributed by atoms with Crippen LogP contribution in [0.25, 0.3) is 0 Å². The van der Waals surface area contributed by atoms with E-state index >= 15 is 0 Å². The predicted octanol–water partition coefficient (Wildman–Crippen LogP) is -2.25. The zero-order chi connectivity index (χ0) is 25.3. The normalized spacial score (nSPS) is 13.7. The summed E-state index contributed by atoms with van der Waals surface area (Å²) in [5.74, 6) is -2.12. The van der Waals surface area contributed by atoms with Crippen molar-refractivity contribution in [3.63, 3.8) is 0 Å². The van der Waals surface area contributed by atoms with Gasteiger partial charge in [0, 0.05) is 30.3 Å². The number of aliphatic hydroxyl groups excluding tert-OH is 6. The lowest BCUT2D eigenvalue weighted by molar-refractivity contribution is 0.0795. The Hall–Kier alpha value is -0.420. The molecule has 0 aliphatic carbocycles. The van der Waals surface area contributed by atoms with Crippen molar-refractivity contribution in [1.29, 1.82) is 0 Å². The molecule has 0 fully saturated rings. The fraction of sp³-hybridized carbons (Fsp3) is 0.500. The molecule has 186 valence electrons. The first kappa shape index (κ1) is 30.6. The van der Waals surface area contributed by atoms with Crippen LogP contribution in [-0.2, 0) is 0 Å². The summed E-state index contributed by atoms with van der Waals surface area (Å²) in [6.07, 6.45) is -3.63. The number of rotatable bonds is 12. The van der Waals surface area contributed by atoms with E-state index in [4.69, 9.17) is 15.3 Å². The van der Waals surface area contributed by atoms with E-state index in [1.165, 1.54) is 0 Å². The molecule has 1 aromatic rings. The third-order valence-corrected chi connectivity index (χ3v) is 7.36. The van der Waals surface area contributed by atoms with Gasteiger partial charge in [0.2, 0.25) is 0 Å². The molecular weight excluding hydrogens is 783 g/mol. The standard InChI is InChI=1S/C18H24I3N3O9/c19-13-10(16(31)22-1-7(28)4-25)14(20)12(18(33)24-3-9(30)6-27)15(21)11(13)17(32)23-2-8(29)5-26/h7-9,25-30H,1-6H2,(H,22,31)(H,23,32)(H,24,33)/t7-,8-,9+/m1/s1. The zero-order valence-corrected chi connectivity index (χ0v) is 23.5. The van der Waals surface area contributed by atoms with Crippen LogP contribution < -0.4 is 16.0 Å². The molecule has 0 unspecified atom stereocenters. The molecule has 33 heavy (non-hydrogen) atoms. The Morgan fingerprint density at radius 2 is 0.788 bits per heavy atom. The zero-order valence-electron chi connectivity index (χ0n) is 17.0. The molecule has 0 radical (unpaired) electrons. The molecule has 0 spiro atoms. The van der Waals surface area contributed by atoms with Gasteiger partial charge in [0.05, 0.1) is 54.8 Å². The van der Waals surface area contributed by atoms with Crippen LogP contribution in [0.1, 0.15) is 31.1 Å². The lowest BCUT2D eigenvalue weighted by Gasteiger charge is -2.20. The van der Waals surface area contributed by atoms with Crippen molar-refractivity contribution in [3.05, 3.63) is 27.4 Å². The fourth-order valence-corrected chi connectivity index (χ4v) is 6.99. The van der Waals surface area contributed by atoms with Gasteiger partial charge in [-0.15, -0.1) is 0 Å². The predicted molar refractivity (Wildman–Crippen MR) is 141 cm³/mol. The van der Waals surface area contributed by atoms with Gasteiger partial charge in [0.1, 0.15) is 0 Å². The highest BCUT2D eigenvalue weighted by Gasteiger charge is 2.30. The first-order valence-corrected chi connectivity index (χ1v) is 12.6. The summed E-state index contributed by atoms with van der Waals surface area (Å²) in [5.41, 5.74) is -0.0765. The Balaban J connectivity index is 3.52. The molecular formula is C18H24I3N3O9. The van der Waals surface area contributed by atoms with Crippen LogP contribution in [0.5, 0.6) is 0 Å². The Morgan fingerprint density at radius 3 is 0.970 bits per heavy atom. The molecule has 12 nitrogen and oxygen atoms in total. The Bertz CT molecular complexity index is 742. The molecule has 0 bridgehead atoms. The van der Waals surface area contributed by atoms with Crippen molar-refractivity contribution in [3.8, 4) is 0 Å². The number of carbonyl (C=O) groups is 3. The Labute approximate surface area is 229 Å². The molecule has 1 rings (SSSR count). The van der Waals surface area contributed by atoms with Crippen molar-refractivity contribution >= 4 is 85.5 Å². The number of aliphatic hydroxyl groups is 6. The molecule has 0 aromatic heterocycles. The van der Waals surface area contributed by atoms with E-state index < -0.39 is 55.9 Å². The highest BCUT2D eigenvalue weighted by molar-refractivity contribution is 14.1. The van der Waals surface area contributed by atoms with Gasteiger partial charge >= 0.3 is 0 Å². The lowest BCUT2D eigenvalue weighted by atomic mass is 10.0. The largest absolute Gasteiger partial charge is 0.394 e. The van der Waals surface area contributed by atoms with E-state index in [-0.39, 0.29) is 47.0 Å². The maximum Gasteiger partial charge on any atom is 0.253 e. The average molecular weight is 807 g/mol. The smallest absolute Gasteiger partial charge is 0.253 e. The van der Waals surface area contributed by atoms with Crippen molar-refractivity contribution < 1.29 is 45.0 Å². The number of hydrogen-bond donors (Lipinski definition) is 9. The highest BCUT2D eigenvalue weighted by atomic mass is 127. The number of nitrogens with one attached hydrogen (secondary N) is 3. The van der Waals surface area contributed by atoms with Crippen LogP contribution in [0.4, 0.5) is 0 Å². The van der Waals surface area contributed by atoms with Crippen LogP contribution >= 0.6 is 67.8 Å². The van der Waals surface area contributed by atoms with Crippen molar-refractivity contribution in [1.82, 2.24) is 16.0 Å². The lowest BCUT2D eigenvalue weighted by Crippen LogP contribution is -2.39. The number of carbonyl (C=O) groups excluding carboxylic acids is 3. The Kier molecular flexibility index (Phi) is 13.8. The molecule has 15 heteroatoms. The van der Waals surface area contributed by atoms with E-state index in [1.807, 2.05) is 0 Å².